The molecular formula is C16H24N2. The maximum Gasteiger partial charge on any atom is 0.0344 e. The molecular weight excluding hydrogens is 220 g/mol. The lowest BCUT2D eigenvalue weighted by molar-refractivity contribution is 0.333. The van der Waals surface area contributed by atoms with E-state index < -0.39 is 0 Å². The van der Waals surface area contributed by atoms with Crippen LogP contribution in [0.15, 0.2) is 24.3 Å². The van der Waals surface area contributed by atoms with Gasteiger partial charge in [-0.15, -0.1) is 0 Å². The molecule has 98 valence electrons. The van der Waals surface area contributed by atoms with E-state index in [1.54, 1.807) is 0 Å². The minimum absolute atomic E-state index is 0.216. The van der Waals surface area contributed by atoms with Crippen LogP contribution in [-0.2, 0) is 0 Å². The van der Waals surface area contributed by atoms with Crippen LogP contribution in [0.25, 0.3) is 0 Å². The van der Waals surface area contributed by atoms with E-state index in [4.69, 9.17) is 5.73 Å². The quantitative estimate of drug-likeness (QED) is 0.838. The van der Waals surface area contributed by atoms with Crippen molar-refractivity contribution in [3.05, 3.63) is 35.4 Å². The van der Waals surface area contributed by atoms with Crippen molar-refractivity contribution in [1.82, 2.24) is 5.32 Å². The third-order valence-corrected chi connectivity index (χ3v) is 5.14. The maximum absolute atomic E-state index is 6.23. The Balaban J connectivity index is 1.76. The van der Waals surface area contributed by atoms with E-state index in [9.17, 15) is 0 Å². The van der Waals surface area contributed by atoms with Crippen molar-refractivity contribution in [3.63, 3.8) is 0 Å². The molecule has 3 rings (SSSR count). The van der Waals surface area contributed by atoms with Crippen LogP contribution in [0.2, 0.25) is 0 Å². The summed E-state index contributed by atoms with van der Waals surface area (Å²) in [6.07, 6.45) is 3.73. The van der Waals surface area contributed by atoms with Crippen molar-refractivity contribution < 1.29 is 0 Å². The van der Waals surface area contributed by atoms with E-state index in [1.165, 1.54) is 24.0 Å². The zero-order chi connectivity index (χ0) is 12.7. The molecule has 0 amide bonds. The van der Waals surface area contributed by atoms with Gasteiger partial charge >= 0.3 is 0 Å². The molecule has 0 bridgehead atoms. The largest absolute Gasteiger partial charge is 0.324 e. The highest BCUT2D eigenvalue weighted by Crippen LogP contribution is 2.40. The van der Waals surface area contributed by atoms with E-state index in [-0.39, 0.29) is 6.04 Å². The number of nitrogens with two attached hydrogens (primary N) is 1. The average Bonchev–Trinajstić information content (AvgIpc) is 2.86. The molecule has 2 nitrogen and oxygen atoms in total. The third-order valence-electron chi connectivity index (χ3n) is 5.14. The number of hydrogen-bond donors (Lipinski definition) is 2. The third kappa shape index (κ3) is 1.98. The Bertz CT molecular complexity index is 429. The Hall–Kier alpha value is -0.860. The summed E-state index contributed by atoms with van der Waals surface area (Å²) in [4.78, 5) is 0. The van der Waals surface area contributed by atoms with E-state index in [0.717, 1.165) is 18.3 Å². The molecule has 0 saturated heterocycles. The van der Waals surface area contributed by atoms with Gasteiger partial charge in [0, 0.05) is 18.1 Å². The van der Waals surface area contributed by atoms with Gasteiger partial charge in [0.1, 0.15) is 0 Å². The van der Waals surface area contributed by atoms with E-state index >= 15 is 0 Å². The molecule has 1 aromatic rings. The second-order valence-corrected chi connectivity index (χ2v) is 6.21. The van der Waals surface area contributed by atoms with Crippen molar-refractivity contribution in [2.45, 2.75) is 51.2 Å². The minimum Gasteiger partial charge on any atom is -0.324 e. The summed E-state index contributed by atoms with van der Waals surface area (Å²) < 4.78 is 0. The topological polar surface area (TPSA) is 38.0 Å². The molecule has 0 spiro atoms. The van der Waals surface area contributed by atoms with E-state index in [0.29, 0.717) is 12.1 Å². The van der Waals surface area contributed by atoms with Gasteiger partial charge in [-0.3, -0.25) is 0 Å². The first-order chi connectivity index (χ1) is 8.66. The van der Waals surface area contributed by atoms with Crippen molar-refractivity contribution in [1.29, 1.82) is 0 Å². The summed E-state index contributed by atoms with van der Waals surface area (Å²) in [7, 11) is 0. The minimum atomic E-state index is 0.216. The molecule has 1 aromatic carbocycles. The van der Waals surface area contributed by atoms with Gasteiger partial charge in [-0.05, 0) is 42.2 Å². The fraction of sp³-hybridized carbons (Fsp3) is 0.625. The molecule has 0 radical (unpaired) electrons. The number of rotatable bonds is 2. The van der Waals surface area contributed by atoms with Gasteiger partial charge in [-0.25, -0.2) is 0 Å². The smallest absolute Gasteiger partial charge is 0.0344 e. The van der Waals surface area contributed by atoms with Gasteiger partial charge in [0.2, 0.25) is 0 Å². The molecule has 0 aromatic heterocycles. The second-order valence-electron chi connectivity index (χ2n) is 6.21. The maximum atomic E-state index is 6.23. The first-order valence-electron chi connectivity index (χ1n) is 7.27. The summed E-state index contributed by atoms with van der Waals surface area (Å²) in [6, 6.07) is 10.0. The highest BCUT2D eigenvalue weighted by atomic mass is 15.0. The highest BCUT2D eigenvalue weighted by molar-refractivity contribution is 5.37. The second kappa shape index (κ2) is 4.67. The molecule has 1 fully saturated rings. The number of nitrogens with one attached hydrogen (secondary N) is 1. The zero-order valence-electron chi connectivity index (χ0n) is 11.4. The zero-order valence-corrected chi connectivity index (χ0v) is 11.4. The normalized spacial score (nSPS) is 38.9. The molecule has 5 unspecified atom stereocenters. The number of fused-ring (bicyclic) bond motifs is 1. The van der Waals surface area contributed by atoms with Crippen LogP contribution >= 0.6 is 0 Å². The van der Waals surface area contributed by atoms with Crippen LogP contribution in [0.3, 0.4) is 0 Å². The van der Waals surface area contributed by atoms with Gasteiger partial charge < -0.3 is 11.1 Å². The number of benzene rings is 1. The van der Waals surface area contributed by atoms with Crippen LogP contribution < -0.4 is 11.1 Å². The Morgan fingerprint density at radius 2 is 1.83 bits per heavy atom. The van der Waals surface area contributed by atoms with Gasteiger partial charge in [0.05, 0.1) is 0 Å². The fourth-order valence-corrected chi connectivity index (χ4v) is 3.69. The molecule has 2 aliphatic rings. The summed E-state index contributed by atoms with van der Waals surface area (Å²) in [5.41, 5.74) is 9.00. The summed E-state index contributed by atoms with van der Waals surface area (Å²) in [6.45, 7) is 4.76. The van der Waals surface area contributed by atoms with E-state index in [2.05, 4.69) is 43.4 Å². The lowest BCUT2D eigenvalue weighted by Gasteiger charge is -2.24. The fourth-order valence-electron chi connectivity index (χ4n) is 3.69. The lowest BCUT2D eigenvalue weighted by Crippen LogP contribution is -2.35. The predicted molar refractivity (Wildman–Crippen MR) is 75.2 cm³/mol. The molecule has 3 N–H and O–H groups in total. The standard InChI is InChI=1S/C16H24N2/c1-10-7-8-15(11(10)2)18-16-9-14(17)12-5-3-4-6-13(12)16/h3-6,10-11,14-16,18H,7-9,17H2,1-2H3. The van der Waals surface area contributed by atoms with Crippen LogP contribution in [0.5, 0.6) is 0 Å². The SMILES string of the molecule is CC1CCC(NC2CC(N)c3ccccc32)C1C. The Morgan fingerprint density at radius 1 is 1.11 bits per heavy atom. The van der Waals surface area contributed by atoms with Crippen LogP contribution in [0, 0.1) is 11.8 Å². The highest BCUT2D eigenvalue weighted by Gasteiger charge is 2.34. The molecule has 2 heteroatoms. The van der Waals surface area contributed by atoms with Crippen LogP contribution in [0.1, 0.15) is 56.3 Å². The average molecular weight is 244 g/mol. The Labute approximate surface area is 110 Å². The lowest BCUT2D eigenvalue weighted by atomic mass is 9.96. The molecule has 0 aliphatic heterocycles. The number of hydrogen-bond acceptors (Lipinski definition) is 2. The summed E-state index contributed by atoms with van der Waals surface area (Å²) in [5.74, 6) is 1.64. The first-order valence-corrected chi connectivity index (χ1v) is 7.27. The van der Waals surface area contributed by atoms with Crippen molar-refractivity contribution in [2.24, 2.45) is 17.6 Å². The van der Waals surface area contributed by atoms with Crippen molar-refractivity contribution >= 4 is 0 Å². The molecule has 5 atom stereocenters. The van der Waals surface area contributed by atoms with Crippen molar-refractivity contribution in [3.8, 4) is 0 Å². The van der Waals surface area contributed by atoms with E-state index in [1.807, 2.05) is 0 Å². The van der Waals surface area contributed by atoms with Crippen LogP contribution in [0.4, 0.5) is 0 Å². The molecule has 1 saturated carbocycles. The first kappa shape index (κ1) is 12.2. The van der Waals surface area contributed by atoms with Crippen molar-refractivity contribution in [2.75, 3.05) is 0 Å². The monoisotopic (exact) mass is 244 g/mol. The summed E-state index contributed by atoms with van der Waals surface area (Å²) >= 11 is 0. The van der Waals surface area contributed by atoms with Gasteiger partial charge in [0.15, 0.2) is 0 Å². The Kier molecular flexibility index (Phi) is 3.16. The summed E-state index contributed by atoms with van der Waals surface area (Å²) in [5, 5.41) is 3.86. The van der Waals surface area contributed by atoms with Crippen LogP contribution in [-0.4, -0.2) is 6.04 Å². The molecule has 18 heavy (non-hydrogen) atoms. The van der Waals surface area contributed by atoms with Gasteiger partial charge in [-0.2, -0.15) is 0 Å². The van der Waals surface area contributed by atoms with Gasteiger partial charge in [-0.1, -0.05) is 38.1 Å². The molecule has 0 heterocycles. The molecule has 2 aliphatic carbocycles. The Morgan fingerprint density at radius 3 is 2.50 bits per heavy atom. The predicted octanol–water partition coefficient (Wildman–Crippen LogP) is 3.16. The van der Waals surface area contributed by atoms with Gasteiger partial charge in [0.25, 0.3) is 0 Å².